The van der Waals surface area contributed by atoms with Crippen LogP contribution in [0.1, 0.15) is 37.7 Å². The second-order valence-corrected chi connectivity index (χ2v) is 5.55. The molecule has 0 atom stereocenters. The van der Waals surface area contributed by atoms with Gasteiger partial charge in [-0.2, -0.15) is 0 Å². The van der Waals surface area contributed by atoms with E-state index in [4.69, 9.17) is 0 Å². The Labute approximate surface area is 124 Å². The van der Waals surface area contributed by atoms with Crippen molar-refractivity contribution in [3.8, 4) is 0 Å². The van der Waals surface area contributed by atoms with Crippen molar-refractivity contribution in [2.75, 3.05) is 13.6 Å². The molecule has 1 N–H and O–H groups in total. The van der Waals surface area contributed by atoms with E-state index < -0.39 is 11.6 Å². The van der Waals surface area contributed by atoms with E-state index >= 15 is 0 Å². The molecule has 5 heteroatoms. The molecule has 0 spiro atoms. The smallest absolute Gasteiger partial charge is 0.224 e. The number of amides is 1. The molecule has 0 bridgehead atoms. The van der Waals surface area contributed by atoms with Gasteiger partial charge in [0.15, 0.2) is 0 Å². The molecule has 1 amide bonds. The summed E-state index contributed by atoms with van der Waals surface area (Å²) in [5.74, 6) is -1.15. The van der Waals surface area contributed by atoms with Crippen LogP contribution in [-0.2, 0) is 11.3 Å². The van der Waals surface area contributed by atoms with Gasteiger partial charge in [-0.1, -0.05) is 18.9 Å². The van der Waals surface area contributed by atoms with Gasteiger partial charge in [0.25, 0.3) is 0 Å². The number of nitrogens with zero attached hydrogens (tertiary/aromatic N) is 1. The number of carbonyl (C=O) groups excluding carboxylic acids is 1. The summed E-state index contributed by atoms with van der Waals surface area (Å²) in [6.07, 6.45) is 4.54. The monoisotopic (exact) mass is 296 g/mol. The third kappa shape index (κ3) is 4.24. The van der Waals surface area contributed by atoms with E-state index in [0.29, 0.717) is 18.5 Å². The Morgan fingerprint density at radius 3 is 2.67 bits per heavy atom. The summed E-state index contributed by atoms with van der Waals surface area (Å²) in [7, 11) is 1.80. The molecule has 1 aliphatic rings. The number of halogens is 2. The zero-order chi connectivity index (χ0) is 15.2. The third-order valence-electron chi connectivity index (χ3n) is 4.03. The highest BCUT2D eigenvalue weighted by Gasteiger charge is 2.27. The van der Waals surface area contributed by atoms with Gasteiger partial charge in [0.1, 0.15) is 11.6 Å². The predicted octanol–water partition coefficient (Wildman–Crippen LogP) is 2.85. The van der Waals surface area contributed by atoms with Crippen LogP contribution in [0.3, 0.4) is 0 Å². The van der Waals surface area contributed by atoms with Crippen molar-refractivity contribution in [2.45, 2.75) is 44.7 Å². The normalized spacial score (nSPS) is 15.4. The largest absolute Gasteiger partial charge is 0.335 e. The number of hydrogen-bond acceptors (Lipinski definition) is 2. The lowest BCUT2D eigenvalue weighted by molar-refractivity contribution is -0.134. The zero-order valence-corrected chi connectivity index (χ0v) is 12.4. The maximum Gasteiger partial charge on any atom is 0.224 e. The molecule has 0 aromatic heterocycles. The Bertz CT molecular complexity index is 487. The molecule has 3 nitrogen and oxygen atoms in total. The fourth-order valence-electron chi connectivity index (χ4n) is 2.85. The predicted molar refractivity (Wildman–Crippen MR) is 77.7 cm³/mol. The summed E-state index contributed by atoms with van der Waals surface area (Å²) < 4.78 is 26.8. The van der Waals surface area contributed by atoms with Crippen molar-refractivity contribution in [1.29, 1.82) is 0 Å². The molecule has 1 fully saturated rings. The molecule has 1 saturated carbocycles. The number of rotatable bonds is 6. The molecule has 0 unspecified atom stereocenters. The van der Waals surface area contributed by atoms with Crippen LogP contribution in [0, 0.1) is 11.6 Å². The maximum atomic E-state index is 13.8. The van der Waals surface area contributed by atoms with Gasteiger partial charge in [-0.25, -0.2) is 8.78 Å². The van der Waals surface area contributed by atoms with E-state index in [9.17, 15) is 13.6 Å². The van der Waals surface area contributed by atoms with E-state index in [0.717, 1.165) is 31.7 Å². The van der Waals surface area contributed by atoms with Gasteiger partial charge in [0, 0.05) is 37.2 Å². The quantitative estimate of drug-likeness (QED) is 0.875. The van der Waals surface area contributed by atoms with E-state index in [-0.39, 0.29) is 18.5 Å². The summed E-state index contributed by atoms with van der Waals surface area (Å²) in [6.45, 7) is 0.827. The topological polar surface area (TPSA) is 32.3 Å². The fraction of sp³-hybridized carbons (Fsp3) is 0.562. The average molecular weight is 296 g/mol. The van der Waals surface area contributed by atoms with Crippen LogP contribution in [0.25, 0.3) is 0 Å². The van der Waals surface area contributed by atoms with Gasteiger partial charge in [-0.05, 0) is 26.0 Å². The van der Waals surface area contributed by atoms with E-state index in [1.54, 1.807) is 11.9 Å². The third-order valence-corrected chi connectivity index (χ3v) is 4.03. The van der Waals surface area contributed by atoms with Crippen molar-refractivity contribution in [2.24, 2.45) is 0 Å². The zero-order valence-electron chi connectivity index (χ0n) is 12.4. The molecule has 21 heavy (non-hydrogen) atoms. The second kappa shape index (κ2) is 7.50. The Morgan fingerprint density at radius 1 is 1.33 bits per heavy atom. The van der Waals surface area contributed by atoms with Crippen LogP contribution < -0.4 is 5.32 Å². The van der Waals surface area contributed by atoms with Crippen LogP contribution in [0.5, 0.6) is 0 Å². The Kier molecular flexibility index (Phi) is 5.67. The van der Waals surface area contributed by atoms with Crippen molar-refractivity contribution in [3.63, 3.8) is 0 Å². The van der Waals surface area contributed by atoms with Gasteiger partial charge in [-0.15, -0.1) is 0 Å². The van der Waals surface area contributed by atoms with Crippen molar-refractivity contribution >= 4 is 5.91 Å². The van der Waals surface area contributed by atoms with Crippen LogP contribution >= 0.6 is 0 Å². The summed E-state index contributed by atoms with van der Waals surface area (Å²) in [5, 5.41) is 2.96. The molecule has 116 valence electrons. The fourth-order valence-corrected chi connectivity index (χ4v) is 2.85. The van der Waals surface area contributed by atoms with Gasteiger partial charge in [0.2, 0.25) is 5.91 Å². The molecule has 1 aromatic carbocycles. The van der Waals surface area contributed by atoms with Crippen LogP contribution in [0.4, 0.5) is 8.78 Å². The standard InChI is InChI=1S/C16H22F2N2O/c1-19-9-8-16(21)20(14-4-2-3-5-14)11-12-6-7-13(17)10-15(12)18/h6-7,10,14,19H,2-5,8-9,11H2,1H3. The molecule has 0 aliphatic heterocycles. The van der Waals surface area contributed by atoms with Gasteiger partial charge < -0.3 is 10.2 Å². The highest BCUT2D eigenvalue weighted by atomic mass is 19.1. The lowest BCUT2D eigenvalue weighted by Crippen LogP contribution is -2.39. The minimum Gasteiger partial charge on any atom is -0.335 e. The van der Waals surface area contributed by atoms with E-state index in [1.807, 2.05) is 0 Å². The van der Waals surface area contributed by atoms with E-state index in [2.05, 4.69) is 5.32 Å². The Morgan fingerprint density at radius 2 is 2.05 bits per heavy atom. The van der Waals surface area contributed by atoms with Crippen LogP contribution in [0.15, 0.2) is 18.2 Å². The number of hydrogen-bond donors (Lipinski definition) is 1. The molecule has 0 saturated heterocycles. The first-order valence-electron chi connectivity index (χ1n) is 7.50. The summed E-state index contributed by atoms with van der Waals surface area (Å²) in [5.41, 5.74) is 0.376. The van der Waals surface area contributed by atoms with Gasteiger partial charge >= 0.3 is 0 Å². The van der Waals surface area contributed by atoms with Crippen molar-refractivity contribution < 1.29 is 13.6 Å². The second-order valence-electron chi connectivity index (χ2n) is 5.55. The van der Waals surface area contributed by atoms with E-state index in [1.165, 1.54) is 12.1 Å². The van der Waals surface area contributed by atoms with Crippen LogP contribution in [0.2, 0.25) is 0 Å². The first kappa shape index (κ1) is 15.9. The minimum atomic E-state index is -0.592. The molecular formula is C16H22F2N2O. The molecule has 1 aromatic rings. The first-order valence-corrected chi connectivity index (χ1v) is 7.50. The minimum absolute atomic E-state index is 0.0278. The van der Waals surface area contributed by atoms with Crippen LogP contribution in [-0.4, -0.2) is 30.4 Å². The van der Waals surface area contributed by atoms with Crippen molar-refractivity contribution in [3.05, 3.63) is 35.4 Å². The molecular weight excluding hydrogens is 274 g/mol. The maximum absolute atomic E-state index is 13.8. The summed E-state index contributed by atoms with van der Waals surface area (Å²) in [6, 6.07) is 3.72. The molecule has 2 rings (SSSR count). The first-order chi connectivity index (χ1) is 10.1. The number of carbonyl (C=O) groups is 1. The highest BCUT2D eigenvalue weighted by molar-refractivity contribution is 5.76. The Hall–Kier alpha value is -1.49. The lowest BCUT2D eigenvalue weighted by atomic mass is 10.1. The summed E-state index contributed by atoms with van der Waals surface area (Å²) in [4.78, 5) is 14.1. The van der Waals surface area contributed by atoms with Gasteiger partial charge in [0.05, 0.1) is 0 Å². The average Bonchev–Trinajstić information content (AvgIpc) is 2.98. The SMILES string of the molecule is CNCCC(=O)N(Cc1ccc(F)cc1F)C1CCCC1. The Balaban J connectivity index is 2.12. The van der Waals surface area contributed by atoms with Crippen molar-refractivity contribution in [1.82, 2.24) is 10.2 Å². The lowest BCUT2D eigenvalue weighted by Gasteiger charge is -2.29. The van der Waals surface area contributed by atoms with Gasteiger partial charge in [-0.3, -0.25) is 4.79 Å². The number of nitrogens with one attached hydrogen (secondary N) is 1. The molecule has 0 heterocycles. The molecule has 1 aliphatic carbocycles. The molecule has 0 radical (unpaired) electrons. The number of benzene rings is 1. The summed E-state index contributed by atoms with van der Waals surface area (Å²) >= 11 is 0. The highest BCUT2D eigenvalue weighted by Crippen LogP contribution is 2.26.